The van der Waals surface area contributed by atoms with E-state index in [1.807, 2.05) is 0 Å². The van der Waals surface area contributed by atoms with Gasteiger partial charge in [-0.2, -0.15) is 0 Å². The summed E-state index contributed by atoms with van der Waals surface area (Å²) >= 11 is 0. The highest BCUT2D eigenvalue weighted by molar-refractivity contribution is 5.98. The standard InChI is InChI=1S/C17H20N4O7/c22-14(7-8-16(24)25)18-10-15(23)20-9-1-2-13(20)17(26)19-11-3-5-12(6-4-11)21(27)28/h3-6,13H,1-2,7-10H2,(H,18,22)(H,19,26)(H,24,25)/t13-/m0/s1. The third-order valence-corrected chi connectivity index (χ3v) is 4.22. The van der Waals surface area contributed by atoms with E-state index in [4.69, 9.17) is 5.11 Å². The Kier molecular flexibility index (Phi) is 7.02. The van der Waals surface area contributed by atoms with Gasteiger partial charge in [-0.15, -0.1) is 0 Å². The minimum atomic E-state index is -1.11. The van der Waals surface area contributed by atoms with Crippen LogP contribution in [0.4, 0.5) is 11.4 Å². The van der Waals surface area contributed by atoms with Crippen molar-refractivity contribution in [1.29, 1.82) is 0 Å². The second kappa shape index (κ2) is 9.44. The third-order valence-electron chi connectivity index (χ3n) is 4.22. The molecule has 11 heteroatoms. The Balaban J connectivity index is 1.89. The van der Waals surface area contributed by atoms with Gasteiger partial charge in [0.2, 0.25) is 17.7 Å². The Morgan fingerprint density at radius 2 is 1.86 bits per heavy atom. The quantitative estimate of drug-likeness (QED) is 0.429. The zero-order chi connectivity index (χ0) is 20.7. The first-order chi connectivity index (χ1) is 13.3. The molecule has 3 amide bonds. The number of likely N-dealkylation sites (tertiary alicyclic amines) is 1. The van der Waals surface area contributed by atoms with Crippen LogP contribution >= 0.6 is 0 Å². The van der Waals surface area contributed by atoms with E-state index in [1.54, 1.807) is 0 Å². The van der Waals surface area contributed by atoms with Crippen LogP contribution in [0.25, 0.3) is 0 Å². The number of nitro groups is 1. The molecule has 1 fully saturated rings. The Morgan fingerprint density at radius 3 is 2.46 bits per heavy atom. The lowest BCUT2D eigenvalue weighted by Crippen LogP contribution is -2.47. The van der Waals surface area contributed by atoms with Gasteiger partial charge in [-0.3, -0.25) is 29.3 Å². The van der Waals surface area contributed by atoms with Crippen LogP contribution in [0.5, 0.6) is 0 Å². The molecular formula is C17H20N4O7. The molecule has 28 heavy (non-hydrogen) atoms. The van der Waals surface area contributed by atoms with Gasteiger partial charge in [0.15, 0.2) is 0 Å². The van der Waals surface area contributed by atoms with Gasteiger partial charge in [0.05, 0.1) is 17.9 Å². The van der Waals surface area contributed by atoms with Gasteiger partial charge < -0.3 is 20.6 Å². The highest BCUT2D eigenvalue weighted by Gasteiger charge is 2.34. The molecule has 1 atom stereocenters. The topological polar surface area (TPSA) is 159 Å². The number of carboxylic acids is 1. The van der Waals surface area contributed by atoms with Crippen LogP contribution in [0.2, 0.25) is 0 Å². The molecule has 150 valence electrons. The number of hydrogen-bond acceptors (Lipinski definition) is 6. The Labute approximate surface area is 159 Å². The minimum Gasteiger partial charge on any atom is -0.481 e. The van der Waals surface area contributed by atoms with Crippen molar-refractivity contribution in [3.05, 3.63) is 34.4 Å². The number of anilines is 1. The van der Waals surface area contributed by atoms with Crippen molar-refractivity contribution in [3.63, 3.8) is 0 Å². The molecule has 0 radical (unpaired) electrons. The predicted octanol–water partition coefficient (Wildman–Crippen LogP) is 0.505. The first-order valence-corrected chi connectivity index (χ1v) is 8.61. The lowest BCUT2D eigenvalue weighted by atomic mass is 10.2. The van der Waals surface area contributed by atoms with Gasteiger partial charge in [0.1, 0.15) is 6.04 Å². The number of nitro benzene ring substituents is 1. The summed E-state index contributed by atoms with van der Waals surface area (Å²) in [6, 6.07) is 4.62. The normalized spacial score (nSPS) is 15.7. The Bertz CT molecular complexity index is 778. The van der Waals surface area contributed by atoms with Crippen LogP contribution in [-0.4, -0.2) is 57.8 Å². The van der Waals surface area contributed by atoms with Gasteiger partial charge >= 0.3 is 5.97 Å². The molecule has 3 N–H and O–H groups in total. The smallest absolute Gasteiger partial charge is 0.303 e. The average molecular weight is 392 g/mol. The summed E-state index contributed by atoms with van der Waals surface area (Å²) in [5.74, 6) is -2.52. The fourth-order valence-electron chi connectivity index (χ4n) is 2.81. The zero-order valence-electron chi connectivity index (χ0n) is 14.9. The molecular weight excluding hydrogens is 372 g/mol. The number of nitrogens with zero attached hydrogens (tertiary/aromatic N) is 2. The van der Waals surface area contributed by atoms with E-state index in [9.17, 15) is 29.3 Å². The van der Waals surface area contributed by atoms with Gasteiger partial charge in [-0.1, -0.05) is 0 Å². The number of hydrogen-bond donors (Lipinski definition) is 3. The fraction of sp³-hybridized carbons (Fsp3) is 0.412. The highest BCUT2D eigenvalue weighted by atomic mass is 16.6. The van der Waals surface area contributed by atoms with Gasteiger partial charge in [0.25, 0.3) is 5.69 Å². The third kappa shape index (κ3) is 5.76. The Hall–Kier alpha value is -3.50. The van der Waals surface area contributed by atoms with Crippen LogP contribution in [0.3, 0.4) is 0 Å². The van der Waals surface area contributed by atoms with E-state index >= 15 is 0 Å². The molecule has 0 unspecified atom stereocenters. The molecule has 0 spiro atoms. The fourth-order valence-corrected chi connectivity index (χ4v) is 2.81. The van der Waals surface area contributed by atoms with Gasteiger partial charge in [0, 0.05) is 30.8 Å². The summed E-state index contributed by atoms with van der Waals surface area (Å²) in [6.45, 7) is 0.0436. The maximum atomic E-state index is 12.5. The number of rotatable bonds is 8. The largest absolute Gasteiger partial charge is 0.481 e. The van der Waals surface area contributed by atoms with Crippen molar-refractivity contribution in [2.24, 2.45) is 0 Å². The average Bonchev–Trinajstić information content (AvgIpc) is 3.15. The molecule has 1 aliphatic rings. The number of nitrogens with one attached hydrogen (secondary N) is 2. The van der Waals surface area contributed by atoms with E-state index in [-0.39, 0.29) is 25.1 Å². The first-order valence-electron chi connectivity index (χ1n) is 8.61. The second-order valence-electron chi connectivity index (χ2n) is 6.21. The van der Waals surface area contributed by atoms with Crippen molar-refractivity contribution in [2.75, 3.05) is 18.4 Å². The lowest BCUT2D eigenvalue weighted by Gasteiger charge is -2.24. The highest BCUT2D eigenvalue weighted by Crippen LogP contribution is 2.20. The first kappa shape index (κ1) is 20.8. The second-order valence-corrected chi connectivity index (χ2v) is 6.21. The van der Waals surface area contributed by atoms with E-state index in [1.165, 1.54) is 29.2 Å². The summed E-state index contributed by atoms with van der Waals surface area (Å²) < 4.78 is 0. The van der Waals surface area contributed by atoms with E-state index in [0.29, 0.717) is 25.1 Å². The van der Waals surface area contributed by atoms with Crippen LogP contribution in [0, 0.1) is 10.1 Å². The zero-order valence-corrected chi connectivity index (χ0v) is 14.9. The lowest BCUT2D eigenvalue weighted by molar-refractivity contribution is -0.384. The van der Waals surface area contributed by atoms with E-state index in [2.05, 4.69) is 10.6 Å². The van der Waals surface area contributed by atoms with Crippen molar-refractivity contribution >= 4 is 35.1 Å². The van der Waals surface area contributed by atoms with Crippen molar-refractivity contribution in [1.82, 2.24) is 10.2 Å². The molecule has 1 aliphatic heterocycles. The number of carbonyl (C=O) groups excluding carboxylic acids is 3. The SMILES string of the molecule is O=C(O)CCC(=O)NCC(=O)N1CCC[C@H]1C(=O)Nc1ccc([N+](=O)[O-])cc1. The number of benzene rings is 1. The molecule has 1 aromatic rings. The van der Waals surface area contributed by atoms with Crippen LogP contribution in [-0.2, 0) is 19.2 Å². The van der Waals surface area contributed by atoms with Crippen LogP contribution in [0.15, 0.2) is 24.3 Å². The van der Waals surface area contributed by atoms with Gasteiger partial charge in [-0.05, 0) is 25.0 Å². The van der Waals surface area contributed by atoms with Gasteiger partial charge in [-0.25, -0.2) is 0 Å². The minimum absolute atomic E-state index is 0.102. The number of carboxylic acid groups (broad SMARTS) is 1. The molecule has 0 aromatic heterocycles. The summed E-state index contributed by atoms with van der Waals surface area (Å²) in [5.41, 5.74) is 0.270. The van der Waals surface area contributed by atoms with Crippen molar-refractivity contribution in [3.8, 4) is 0 Å². The van der Waals surface area contributed by atoms with Crippen LogP contribution < -0.4 is 10.6 Å². The molecule has 1 aromatic carbocycles. The molecule has 0 aliphatic carbocycles. The molecule has 0 bridgehead atoms. The van der Waals surface area contributed by atoms with Crippen molar-refractivity contribution < 1.29 is 29.2 Å². The summed E-state index contributed by atoms with van der Waals surface area (Å²) in [4.78, 5) is 58.2. The van der Waals surface area contributed by atoms with E-state index < -0.39 is 34.7 Å². The monoisotopic (exact) mass is 392 g/mol. The molecule has 1 heterocycles. The van der Waals surface area contributed by atoms with Crippen molar-refractivity contribution in [2.45, 2.75) is 31.7 Å². The molecule has 1 saturated heterocycles. The van der Waals surface area contributed by atoms with E-state index in [0.717, 1.165) is 0 Å². The number of aliphatic carboxylic acids is 1. The number of carbonyl (C=O) groups is 4. The maximum Gasteiger partial charge on any atom is 0.303 e. The molecule has 0 saturated carbocycles. The predicted molar refractivity (Wildman–Crippen MR) is 96.3 cm³/mol. The summed E-state index contributed by atoms with van der Waals surface area (Å²) in [7, 11) is 0. The number of amides is 3. The molecule has 2 rings (SSSR count). The Morgan fingerprint density at radius 1 is 1.18 bits per heavy atom. The van der Waals surface area contributed by atoms with Crippen LogP contribution in [0.1, 0.15) is 25.7 Å². The summed E-state index contributed by atoms with van der Waals surface area (Å²) in [6.07, 6.45) is 0.519. The summed E-state index contributed by atoms with van der Waals surface area (Å²) in [5, 5.41) is 24.2. The molecule has 11 nitrogen and oxygen atoms in total. The maximum absolute atomic E-state index is 12.5. The number of non-ortho nitro benzene ring substituents is 1.